The number of sulfonamides is 1. The fourth-order valence-corrected chi connectivity index (χ4v) is 5.14. The van der Waals surface area contributed by atoms with E-state index in [-0.39, 0.29) is 17.9 Å². The summed E-state index contributed by atoms with van der Waals surface area (Å²) >= 11 is 0. The lowest BCUT2D eigenvalue weighted by Gasteiger charge is -2.28. The molecule has 0 radical (unpaired) electrons. The first-order valence-electron chi connectivity index (χ1n) is 8.29. The third-order valence-electron chi connectivity index (χ3n) is 4.85. The lowest BCUT2D eigenvalue weighted by Crippen LogP contribution is -2.34. The van der Waals surface area contributed by atoms with Gasteiger partial charge in [0.25, 0.3) is 0 Å². The third kappa shape index (κ3) is 3.24. The second-order valence-corrected chi connectivity index (χ2v) is 8.50. The summed E-state index contributed by atoms with van der Waals surface area (Å²) < 4.78 is 41.0. The van der Waals surface area contributed by atoms with Crippen LogP contribution in [-0.2, 0) is 14.8 Å². The number of nitrogens with zero attached hydrogens (tertiary/aromatic N) is 1. The van der Waals surface area contributed by atoms with Gasteiger partial charge in [-0.25, -0.2) is 12.8 Å². The Morgan fingerprint density at radius 3 is 2.38 bits per heavy atom. The molecule has 1 heterocycles. The fraction of sp³-hybridized carbons (Fsp3) is 0.316. The number of hydrogen-bond donors (Lipinski definition) is 1. The van der Waals surface area contributed by atoms with Crippen LogP contribution < -0.4 is 0 Å². The van der Waals surface area contributed by atoms with Crippen molar-refractivity contribution in [3.8, 4) is 0 Å². The van der Waals surface area contributed by atoms with Crippen LogP contribution in [0.4, 0.5) is 4.39 Å². The Balaban J connectivity index is 2.10. The molecule has 7 heteroatoms. The molecule has 1 aliphatic rings. The predicted octanol–water partition coefficient (Wildman–Crippen LogP) is 3.28. The monoisotopic (exact) mass is 377 g/mol. The molecule has 1 fully saturated rings. The normalized spacial score (nSPS) is 21.0. The molecular formula is C19H20FNO4S. The molecule has 26 heavy (non-hydrogen) atoms. The standard InChI is InChI=1S/C19H20FNO4S/c1-12-3-6-15(7-4-12)26(24,25)21-10-9-17(19(22)23)18(21)16-8-5-14(20)11-13(16)2/h3-8,11,17-18H,9-10H2,1-2H3,(H,22,23)/t17?,18-/m0/s1. The van der Waals surface area contributed by atoms with Crippen molar-refractivity contribution < 1.29 is 22.7 Å². The molecule has 2 atom stereocenters. The SMILES string of the molecule is Cc1ccc(S(=O)(=O)N2CCC(C(=O)O)[C@@H]2c2ccc(F)cc2C)cc1. The topological polar surface area (TPSA) is 74.7 Å². The van der Waals surface area contributed by atoms with Crippen LogP contribution in [0.25, 0.3) is 0 Å². The maximum Gasteiger partial charge on any atom is 0.308 e. The summed E-state index contributed by atoms with van der Waals surface area (Å²) in [5.74, 6) is -2.37. The molecule has 0 amide bonds. The lowest BCUT2D eigenvalue weighted by atomic mass is 9.91. The Morgan fingerprint density at radius 2 is 1.81 bits per heavy atom. The molecule has 1 aliphatic heterocycles. The highest BCUT2D eigenvalue weighted by atomic mass is 32.2. The van der Waals surface area contributed by atoms with E-state index in [1.807, 2.05) is 6.92 Å². The first-order chi connectivity index (χ1) is 12.2. The van der Waals surface area contributed by atoms with Gasteiger partial charge in [-0.15, -0.1) is 0 Å². The van der Waals surface area contributed by atoms with E-state index in [1.54, 1.807) is 19.1 Å². The van der Waals surface area contributed by atoms with Gasteiger partial charge in [-0.1, -0.05) is 23.8 Å². The highest BCUT2D eigenvalue weighted by Crippen LogP contribution is 2.42. The minimum Gasteiger partial charge on any atom is -0.481 e. The van der Waals surface area contributed by atoms with Crippen LogP contribution in [0.5, 0.6) is 0 Å². The lowest BCUT2D eigenvalue weighted by molar-refractivity contribution is -0.142. The van der Waals surface area contributed by atoms with Crippen LogP contribution in [0, 0.1) is 25.6 Å². The Kier molecular flexibility index (Phi) is 4.86. The molecule has 2 aromatic rings. The summed E-state index contributed by atoms with van der Waals surface area (Å²) in [5.41, 5.74) is 1.99. The van der Waals surface area contributed by atoms with E-state index in [1.165, 1.54) is 34.6 Å². The molecule has 0 saturated carbocycles. The molecule has 0 aliphatic carbocycles. The first-order valence-corrected chi connectivity index (χ1v) is 9.73. The number of halogens is 1. The number of benzene rings is 2. The number of carbonyl (C=O) groups is 1. The number of aliphatic carboxylic acids is 1. The van der Waals surface area contributed by atoms with E-state index in [0.29, 0.717) is 11.1 Å². The Labute approximate surface area is 152 Å². The van der Waals surface area contributed by atoms with Gasteiger partial charge in [0.2, 0.25) is 10.0 Å². The maximum absolute atomic E-state index is 13.5. The van der Waals surface area contributed by atoms with E-state index in [0.717, 1.165) is 5.56 Å². The summed E-state index contributed by atoms with van der Waals surface area (Å²) in [6.45, 7) is 3.62. The van der Waals surface area contributed by atoms with Crippen molar-refractivity contribution in [3.05, 3.63) is 65.0 Å². The molecule has 1 unspecified atom stereocenters. The average molecular weight is 377 g/mol. The number of carboxylic acids is 1. The van der Waals surface area contributed by atoms with Crippen molar-refractivity contribution in [1.82, 2.24) is 4.31 Å². The highest BCUT2D eigenvalue weighted by molar-refractivity contribution is 7.89. The van der Waals surface area contributed by atoms with E-state index < -0.39 is 33.8 Å². The second-order valence-electron chi connectivity index (χ2n) is 6.61. The largest absolute Gasteiger partial charge is 0.481 e. The van der Waals surface area contributed by atoms with Crippen molar-refractivity contribution in [2.75, 3.05) is 6.54 Å². The summed E-state index contributed by atoms with van der Waals surface area (Å²) in [7, 11) is -3.87. The number of carboxylic acid groups (broad SMARTS) is 1. The fourth-order valence-electron chi connectivity index (χ4n) is 3.48. The average Bonchev–Trinajstić information content (AvgIpc) is 3.01. The van der Waals surface area contributed by atoms with Crippen LogP contribution in [-0.4, -0.2) is 30.3 Å². The van der Waals surface area contributed by atoms with Gasteiger partial charge in [0.1, 0.15) is 5.82 Å². The number of rotatable bonds is 4. The van der Waals surface area contributed by atoms with Crippen LogP contribution in [0.1, 0.15) is 29.2 Å². The molecule has 0 spiro atoms. The molecule has 1 N–H and O–H groups in total. The molecule has 1 saturated heterocycles. The van der Waals surface area contributed by atoms with E-state index in [2.05, 4.69) is 0 Å². The van der Waals surface area contributed by atoms with Gasteiger partial charge in [0.05, 0.1) is 16.9 Å². The van der Waals surface area contributed by atoms with Crippen LogP contribution in [0.3, 0.4) is 0 Å². The molecule has 2 aromatic carbocycles. The predicted molar refractivity (Wildman–Crippen MR) is 94.7 cm³/mol. The molecule has 0 aromatic heterocycles. The van der Waals surface area contributed by atoms with Gasteiger partial charge in [0, 0.05) is 6.54 Å². The third-order valence-corrected chi connectivity index (χ3v) is 6.74. The first kappa shape index (κ1) is 18.5. The zero-order valence-corrected chi connectivity index (χ0v) is 15.3. The van der Waals surface area contributed by atoms with Gasteiger partial charge in [-0.3, -0.25) is 4.79 Å². The van der Waals surface area contributed by atoms with Crippen molar-refractivity contribution >= 4 is 16.0 Å². The molecule has 5 nitrogen and oxygen atoms in total. The van der Waals surface area contributed by atoms with Crippen molar-refractivity contribution in [2.24, 2.45) is 5.92 Å². The molecular weight excluding hydrogens is 357 g/mol. The molecule has 0 bridgehead atoms. The summed E-state index contributed by atoms with van der Waals surface area (Å²) in [6.07, 6.45) is 0.210. The molecule has 138 valence electrons. The van der Waals surface area contributed by atoms with Crippen LogP contribution >= 0.6 is 0 Å². The number of hydrogen-bond acceptors (Lipinski definition) is 3. The van der Waals surface area contributed by atoms with Gasteiger partial charge >= 0.3 is 5.97 Å². The smallest absolute Gasteiger partial charge is 0.308 e. The quantitative estimate of drug-likeness (QED) is 0.887. The van der Waals surface area contributed by atoms with E-state index >= 15 is 0 Å². The van der Waals surface area contributed by atoms with Gasteiger partial charge in [-0.2, -0.15) is 4.31 Å². The second kappa shape index (κ2) is 6.81. The zero-order chi connectivity index (χ0) is 19.1. The van der Waals surface area contributed by atoms with Crippen molar-refractivity contribution in [3.63, 3.8) is 0 Å². The van der Waals surface area contributed by atoms with Crippen LogP contribution in [0.2, 0.25) is 0 Å². The van der Waals surface area contributed by atoms with Gasteiger partial charge < -0.3 is 5.11 Å². The van der Waals surface area contributed by atoms with Gasteiger partial charge in [0.15, 0.2) is 0 Å². The minimum atomic E-state index is -3.87. The summed E-state index contributed by atoms with van der Waals surface area (Å²) in [6, 6.07) is 9.60. The zero-order valence-electron chi connectivity index (χ0n) is 14.5. The van der Waals surface area contributed by atoms with Gasteiger partial charge in [-0.05, 0) is 55.7 Å². The van der Waals surface area contributed by atoms with E-state index in [4.69, 9.17) is 0 Å². The van der Waals surface area contributed by atoms with Crippen molar-refractivity contribution in [2.45, 2.75) is 31.2 Å². The van der Waals surface area contributed by atoms with E-state index in [9.17, 15) is 22.7 Å². The van der Waals surface area contributed by atoms with Crippen molar-refractivity contribution in [1.29, 1.82) is 0 Å². The molecule has 3 rings (SSSR count). The van der Waals surface area contributed by atoms with Crippen LogP contribution in [0.15, 0.2) is 47.4 Å². The highest BCUT2D eigenvalue weighted by Gasteiger charge is 2.46. The number of aryl methyl sites for hydroxylation is 2. The minimum absolute atomic E-state index is 0.106. The Hall–Kier alpha value is -2.25. The Morgan fingerprint density at radius 1 is 1.15 bits per heavy atom. The summed E-state index contributed by atoms with van der Waals surface area (Å²) in [4.78, 5) is 11.8. The Bertz CT molecular complexity index is 941. The summed E-state index contributed by atoms with van der Waals surface area (Å²) in [5, 5.41) is 9.59. The maximum atomic E-state index is 13.5.